The fraction of sp³-hybridized carbons (Fsp3) is 0.300. The highest BCUT2D eigenvalue weighted by atomic mass is 16.5. The maximum Gasteiger partial charge on any atom is 0.488 e. The Morgan fingerprint density at radius 1 is 1.40 bits per heavy atom. The fourth-order valence-corrected chi connectivity index (χ4v) is 1.28. The van der Waals surface area contributed by atoms with E-state index in [1.165, 1.54) is 18.2 Å². The number of benzene rings is 1. The summed E-state index contributed by atoms with van der Waals surface area (Å²) < 4.78 is 5.48. The molecule has 5 heteroatoms. The quantitative estimate of drug-likeness (QED) is 0.525. The molecule has 78 valence electrons. The summed E-state index contributed by atoms with van der Waals surface area (Å²) in [5, 5.41) is 17.9. The zero-order chi connectivity index (χ0) is 10.8. The normalized spacial score (nSPS) is 14.8. The van der Waals surface area contributed by atoms with Crippen LogP contribution < -0.4 is 10.2 Å². The Morgan fingerprint density at radius 2 is 2.13 bits per heavy atom. The van der Waals surface area contributed by atoms with Crippen molar-refractivity contribution < 1.29 is 19.6 Å². The smallest absolute Gasteiger partial charge is 0.488 e. The van der Waals surface area contributed by atoms with E-state index >= 15 is 0 Å². The summed E-state index contributed by atoms with van der Waals surface area (Å²) in [6.07, 6.45) is 2.86. The number of hydrogen-bond acceptors (Lipinski definition) is 4. The van der Waals surface area contributed by atoms with Crippen LogP contribution in [0.3, 0.4) is 0 Å². The maximum absolute atomic E-state index is 10.7. The molecule has 1 fully saturated rings. The second-order valence-electron chi connectivity index (χ2n) is 3.61. The van der Waals surface area contributed by atoms with Gasteiger partial charge in [-0.3, -0.25) is 4.79 Å². The minimum Gasteiger partial charge on any atom is -0.490 e. The molecule has 0 unspecified atom stereocenters. The molecular weight excluding hydrogens is 195 g/mol. The lowest BCUT2D eigenvalue weighted by molar-refractivity contribution is 0.111. The maximum atomic E-state index is 10.7. The van der Waals surface area contributed by atoms with Gasteiger partial charge < -0.3 is 14.8 Å². The van der Waals surface area contributed by atoms with Crippen LogP contribution in [0, 0.1) is 0 Å². The van der Waals surface area contributed by atoms with Crippen LogP contribution in [0.15, 0.2) is 18.2 Å². The second-order valence-corrected chi connectivity index (χ2v) is 3.61. The van der Waals surface area contributed by atoms with Gasteiger partial charge in [0.15, 0.2) is 6.29 Å². The molecule has 0 aromatic heterocycles. The third-order valence-electron chi connectivity index (χ3n) is 2.28. The first-order valence-electron chi connectivity index (χ1n) is 4.82. The van der Waals surface area contributed by atoms with Gasteiger partial charge in [0, 0.05) is 0 Å². The van der Waals surface area contributed by atoms with Crippen molar-refractivity contribution >= 4 is 18.9 Å². The van der Waals surface area contributed by atoms with Gasteiger partial charge >= 0.3 is 7.12 Å². The summed E-state index contributed by atoms with van der Waals surface area (Å²) in [4.78, 5) is 10.7. The van der Waals surface area contributed by atoms with E-state index in [4.69, 9.17) is 14.8 Å². The molecule has 2 rings (SSSR count). The van der Waals surface area contributed by atoms with Crippen molar-refractivity contribution in [1.82, 2.24) is 0 Å². The highest BCUT2D eigenvalue weighted by Gasteiger charge is 2.25. The van der Waals surface area contributed by atoms with Gasteiger partial charge in [0.2, 0.25) is 0 Å². The molecule has 4 nitrogen and oxygen atoms in total. The molecule has 2 N–H and O–H groups in total. The Morgan fingerprint density at radius 3 is 2.67 bits per heavy atom. The molecule has 0 radical (unpaired) electrons. The van der Waals surface area contributed by atoms with E-state index in [1.54, 1.807) is 0 Å². The molecule has 15 heavy (non-hydrogen) atoms. The minimum absolute atomic E-state index is 0.176. The summed E-state index contributed by atoms with van der Waals surface area (Å²) in [5.41, 5.74) is 0.766. The Bertz CT molecular complexity index is 374. The molecule has 0 spiro atoms. The first-order chi connectivity index (χ1) is 7.20. The van der Waals surface area contributed by atoms with Crippen LogP contribution in [0.5, 0.6) is 5.75 Å². The monoisotopic (exact) mass is 206 g/mol. The summed E-state index contributed by atoms with van der Waals surface area (Å²) in [6, 6.07) is 4.51. The zero-order valence-corrected chi connectivity index (χ0v) is 8.09. The number of hydrogen-bond donors (Lipinski definition) is 2. The van der Waals surface area contributed by atoms with E-state index in [1.807, 2.05) is 0 Å². The minimum atomic E-state index is -1.53. The fourth-order valence-electron chi connectivity index (χ4n) is 1.28. The van der Waals surface area contributed by atoms with Crippen LogP contribution in [0.1, 0.15) is 23.2 Å². The Hall–Kier alpha value is -1.33. The molecule has 0 heterocycles. The van der Waals surface area contributed by atoms with Crippen LogP contribution in [0.25, 0.3) is 0 Å². The lowest BCUT2D eigenvalue weighted by Crippen LogP contribution is -2.29. The van der Waals surface area contributed by atoms with Crippen LogP contribution in [0.4, 0.5) is 0 Å². The number of rotatable bonds is 4. The van der Waals surface area contributed by atoms with Crippen LogP contribution in [0.2, 0.25) is 0 Å². The van der Waals surface area contributed by atoms with E-state index < -0.39 is 7.12 Å². The van der Waals surface area contributed by atoms with Gasteiger partial charge in [-0.15, -0.1) is 0 Å². The number of carbonyl (C=O) groups excluding carboxylic acids is 1. The van der Waals surface area contributed by atoms with Crippen LogP contribution in [-0.2, 0) is 0 Å². The molecule has 1 aromatic carbocycles. The second kappa shape index (κ2) is 4.04. The lowest BCUT2D eigenvalue weighted by atomic mass is 9.80. The summed E-state index contributed by atoms with van der Waals surface area (Å²) in [5.74, 6) is 0.429. The number of aldehydes is 1. The molecule has 1 aromatic rings. The SMILES string of the molecule is O=Cc1ccc(B(O)O)cc1OC1CC1. The Kier molecular flexibility index (Phi) is 2.75. The average molecular weight is 206 g/mol. The number of carbonyl (C=O) groups is 1. The molecule has 0 aliphatic heterocycles. The molecule has 0 amide bonds. The first kappa shape index (κ1) is 10.2. The van der Waals surface area contributed by atoms with Gasteiger partial charge in [0.05, 0.1) is 11.7 Å². The van der Waals surface area contributed by atoms with Gasteiger partial charge in [0.25, 0.3) is 0 Å². The highest BCUT2D eigenvalue weighted by Crippen LogP contribution is 2.27. The molecule has 0 atom stereocenters. The van der Waals surface area contributed by atoms with Crippen molar-refractivity contribution in [3.05, 3.63) is 23.8 Å². The summed E-state index contributed by atoms with van der Waals surface area (Å²) in [7, 11) is -1.53. The molecule has 0 bridgehead atoms. The third-order valence-corrected chi connectivity index (χ3v) is 2.28. The van der Waals surface area contributed by atoms with Crippen molar-refractivity contribution in [2.24, 2.45) is 0 Å². The number of ether oxygens (including phenoxy) is 1. The van der Waals surface area contributed by atoms with Crippen molar-refractivity contribution in [2.75, 3.05) is 0 Å². The van der Waals surface area contributed by atoms with Crippen LogP contribution >= 0.6 is 0 Å². The predicted molar refractivity (Wildman–Crippen MR) is 55.3 cm³/mol. The van der Waals surface area contributed by atoms with Gasteiger partial charge in [-0.1, -0.05) is 6.07 Å². The summed E-state index contributed by atoms with van der Waals surface area (Å²) >= 11 is 0. The van der Waals surface area contributed by atoms with Crippen molar-refractivity contribution in [3.63, 3.8) is 0 Å². The molecular formula is C10H11BO4. The van der Waals surface area contributed by atoms with Crippen molar-refractivity contribution in [1.29, 1.82) is 0 Å². The molecule has 1 aliphatic carbocycles. The van der Waals surface area contributed by atoms with E-state index in [2.05, 4.69) is 0 Å². The Balaban J connectivity index is 2.28. The summed E-state index contributed by atoms with van der Waals surface area (Å²) in [6.45, 7) is 0. The van der Waals surface area contributed by atoms with Crippen molar-refractivity contribution in [2.45, 2.75) is 18.9 Å². The van der Waals surface area contributed by atoms with Crippen LogP contribution in [-0.4, -0.2) is 29.6 Å². The van der Waals surface area contributed by atoms with E-state index in [-0.39, 0.29) is 6.10 Å². The largest absolute Gasteiger partial charge is 0.490 e. The van der Waals surface area contributed by atoms with Crippen molar-refractivity contribution in [3.8, 4) is 5.75 Å². The molecule has 1 saturated carbocycles. The predicted octanol–water partition coefficient (Wildman–Crippen LogP) is -0.280. The van der Waals surface area contributed by atoms with E-state index in [9.17, 15) is 4.79 Å². The van der Waals surface area contributed by atoms with E-state index in [0.29, 0.717) is 23.1 Å². The zero-order valence-electron chi connectivity index (χ0n) is 8.09. The highest BCUT2D eigenvalue weighted by molar-refractivity contribution is 6.58. The first-order valence-corrected chi connectivity index (χ1v) is 4.82. The standard InChI is InChI=1S/C10H11BO4/c12-6-7-1-2-8(11(13)14)5-10(7)15-9-3-4-9/h1-2,5-6,9,13-14H,3-4H2. The molecule has 1 aliphatic rings. The van der Waals surface area contributed by atoms with Gasteiger partial charge in [-0.2, -0.15) is 0 Å². The van der Waals surface area contributed by atoms with Gasteiger partial charge in [-0.05, 0) is 30.4 Å². The average Bonchev–Trinajstić information content (AvgIpc) is 3.01. The van der Waals surface area contributed by atoms with Gasteiger partial charge in [0.1, 0.15) is 5.75 Å². The van der Waals surface area contributed by atoms with E-state index in [0.717, 1.165) is 12.8 Å². The topological polar surface area (TPSA) is 66.8 Å². The third kappa shape index (κ3) is 2.37. The molecule has 0 saturated heterocycles. The lowest BCUT2D eigenvalue weighted by Gasteiger charge is -2.09. The van der Waals surface area contributed by atoms with Gasteiger partial charge in [-0.25, -0.2) is 0 Å². The Labute approximate surface area is 87.6 Å².